The number of nitrogens with zero attached hydrogens (tertiary/aromatic N) is 2. The van der Waals surface area contributed by atoms with Gasteiger partial charge in [-0.25, -0.2) is 4.98 Å². The SMILES string of the molecule is Cn1ccnc1-c1ccc(C(=O)NC2CCCC2)cc1. The minimum Gasteiger partial charge on any atom is -0.349 e. The molecule has 1 heterocycles. The van der Waals surface area contributed by atoms with Crippen molar-refractivity contribution >= 4 is 5.91 Å². The van der Waals surface area contributed by atoms with Crippen LogP contribution in [0.25, 0.3) is 11.4 Å². The van der Waals surface area contributed by atoms with Crippen LogP contribution < -0.4 is 5.32 Å². The number of hydrogen-bond acceptors (Lipinski definition) is 2. The van der Waals surface area contributed by atoms with Crippen molar-refractivity contribution in [1.29, 1.82) is 0 Å². The van der Waals surface area contributed by atoms with E-state index in [2.05, 4.69) is 10.3 Å². The topological polar surface area (TPSA) is 46.9 Å². The van der Waals surface area contributed by atoms with Crippen LogP contribution in [0.3, 0.4) is 0 Å². The lowest BCUT2D eigenvalue weighted by atomic mass is 10.1. The van der Waals surface area contributed by atoms with E-state index in [4.69, 9.17) is 0 Å². The lowest BCUT2D eigenvalue weighted by Crippen LogP contribution is -2.32. The molecule has 0 spiro atoms. The van der Waals surface area contributed by atoms with Crippen molar-refractivity contribution in [2.75, 3.05) is 0 Å². The summed E-state index contributed by atoms with van der Waals surface area (Å²) >= 11 is 0. The van der Waals surface area contributed by atoms with Gasteiger partial charge in [0.1, 0.15) is 5.82 Å². The zero-order chi connectivity index (χ0) is 13.9. The van der Waals surface area contributed by atoms with Crippen LogP contribution in [-0.2, 0) is 7.05 Å². The first-order valence-electron chi connectivity index (χ1n) is 7.12. The fraction of sp³-hybridized carbons (Fsp3) is 0.375. The standard InChI is InChI=1S/C16H19N3O/c1-19-11-10-17-15(19)12-6-8-13(9-7-12)16(20)18-14-4-2-3-5-14/h6-11,14H,2-5H2,1H3,(H,18,20). The predicted molar refractivity (Wildman–Crippen MR) is 78.4 cm³/mol. The second kappa shape index (κ2) is 5.49. The summed E-state index contributed by atoms with van der Waals surface area (Å²) < 4.78 is 1.97. The molecule has 0 unspecified atom stereocenters. The summed E-state index contributed by atoms with van der Waals surface area (Å²) in [6, 6.07) is 8.00. The summed E-state index contributed by atoms with van der Waals surface area (Å²) in [5.41, 5.74) is 1.74. The number of aromatic nitrogens is 2. The van der Waals surface area contributed by atoms with Gasteiger partial charge in [0, 0.05) is 36.6 Å². The van der Waals surface area contributed by atoms with Crippen molar-refractivity contribution in [2.45, 2.75) is 31.7 Å². The monoisotopic (exact) mass is 269 g/mol. The maximum atomic E-state index is 12.1. The first-order chi connectivity index (χ1) is 9.74. The van der Waals surface area contributed by atoms with Crippen LogP contribution in [0.4, 0.5) is 0 Å². The summed E-state index contributed by atoms with van der Waals surface area (Å²) in [4.78, 5) is 16.4. The average molecular weight is 269 g/mol. The highest BCUT2D eigenvalue weighted by Crippen LogP contribution is 2.19. The van der Waals surface area contributed by atoms with Gasteiger partial charge in [-0.3, -0.25) is 4.79 Å². The number of carbonyl (C=O) groups excluding carboxylic acids is 1. The average Bonchev–Trinajstić information content (AvgIpc) is 3.10. The molecule has 1 aliphatic carbocycles. The molecular formula is C16H19N3O. The molecule has 0 saturated heterocycles. The van der Waals surface area contributed by atoms with E-state index in [1.165, 1.54) is 12.8 Å². The molecule has 0 atom stereocenters. The number of imidazole rings is 1. The van der Waals surface area contributed by atoms with Gasteiger partial charge in [0.2, 0.25) is 0 Å². The molecule has 0 bridgehead atoms. The van der Waals surface area contributed by atoms with Crippen LogP contribution in [0.1, 0.15) is 36.0 Å². The van der Waals surface area contributed by atoms with E-state index in [0.29, 0.717) is 6.04 Å². The highest BCUT2D eigenvalue weighted by Gasteiger charge is 2.17. The molecule has 0 radical (unpaired) electrons. The number of rotatable bonds is 3. The zero-order valence-electron chi connectivity index (χ0n) is 11.7. The Balaban J connectivity index is 1.72. The summed E-state index contributed by atoms with van der Waals surface area (Å²) in [7, 11) is 1.96. The van der Waals surface area contributed by atoms with E-state index < -0.39 is 0 Å². The van der Waals surface area contributed by atoms with E-state index in [0.717, 1.165) is 29.8 Å². The summed E-state index contributed by atoms with van der Waals surface area (Å²) in [6.07, 6.45) is 8.35. The molecule has 1 aliphatic rings. The Labute approximate surface area is 118 Å². The van der Waals surface area contributed by atoms with E-state index in [1.807, 2.05) is 42.1 Å². The fourth-order valence-corrected chi connectivity index (χ4v) is 2.75. The third-order valence-electron chi connectivity index (χ3n) is 3.92. The second-order valence-electron chi connectivity index (χ2n) is 5.39. The van der Waals surface area contributed by atoms with E-state index in [1.54, 1.807) is 6.20 Å². The molecule has 1 aromatic heterocycles. The molecule has 4 nitrogen and oxygen atoms in total. The first kappa shape index (κ1) is 12.9. The Kier molecular flexibility index (Phi) is 3.54. The number of aryl methyl sites for hydroxylation is 1. The van der Waals surface area contributed by atoms with Crippen LogP contribution in [-0.4, -0.2) is 21.5 Å². The maximum absolute atomic E-state index is 12.1. The predicted octanol–water partition coefficient (Wildman–Crippen LogP) is 2.76. The summed E-state index contributed by atoms with van der Waals surface area (Å²) in [5.74, 6) is 0.941. The van der Waals surface area contributed by atoms with Gasteiger partial charge in [0.15, 0.2) is 0 Å². The molecule has 1 fully saturated rings. The van der Waals surface area contributed by atoms with E-state index >= 15 is 0 Å². The summed E-state index contributed by atoms with van der Waals surface area (Å²) in [6.45, 7) is 0. The number of benzene rings is 1. The van der Waals surface area contributed by atoms with Gasteiger partial charge in [0.25, 0.3) is 5.91 Å². The van der Waals surface area contributed by atoms with Gasteiger partial charge >= 0.3 is 0 Å². The largest absolute Gasteiger partial charge is 0.349 e. The van der Waals surface area contributed by atoms with Crippen molar-refractivity contribution in [3.8, 4) is 11.4 Å². The number of hydrogen-bond donors (Lipinski definition) is 1. The third kappa shape index (κ3) is 2.59. The van der Waals surface area contributed by atoms with Gasteiger partial charge in [0.05, 0.1) is 0 Å². The molecule has 20 heavy (non-hydrogen) atoms. The van der Waals surface area contributed by atoms with Gasteiger partial charge in [-0.15, -0.1) is 0 Å². The molecule has 1 amide bonds. The van der Waals surface area contributed by atoms with Crippen molar-refractivity contribution < 1.29 is 4.79 Å². The van der Waals surface area contributed by atoms with Crippen LogP contribution in [0.15, 0.2) is 36.7 Å². The highest BCUT2D eigenvalue weighted by atomic mass is 16.1. The van der Waals surface area contributed by atoms with Gasteiger partial charge < -0.3 is 9.88 Å². The Hall–Kier alpha value is -2.10. The molecule has 104 valence electrons. The summed E-state index contributed by atoms with van der Waals surface area (Å²) in [5, 5.41) is 3.10. The normalized spacial score (nSPS) is 15.4. The Morgan fingerprint density at radius 2 is 1.95 bits per heavy atom. The Bertz CT molecular complexity index is 594. The number of nitrogens with one attached hydrogen (secondary N) is 1. The van der Waals surface area contributed by atoms with Crippen molar-refractivity contribution in [3.63, 3.8) is 0 Å². The third-order valence-corrected chi connectivity index (χ3v) is 3.92. The Morgan fingerprint density at radius 3 is 2.55 bits per heavy atom. The molecule has 2 aromatic rings. The number of amides is 1. The molecule has 1 N–H and O–H groups in total. The van der Waals surface area contributed by atoms with E-state index in [-0.39, 0.29) is 5.91 Å². The Morgan fingerprint density at radius 1 is 1.25 bits per heavy atom. The van der Waals surface area contributed by atoms with Crippen LogP contribution >= 0.6 is 0 Å². The minimum atomic E-state index is 0.0308. The maximum Gasteiger partial charge on any atom is 0.251 e. The molecule has 1 saturated carbocycles. The molecule has 1 aromatic carbocycles. The lowest BCUT2D eigenvalue weighted by molar-refractivity contribution is 0.0938. The molecule has 0 aliphatic heterocycles. The first-order valence-corrected chi connectivity index (χ1v) is 7.12. The van der Waals surface area contributed by atoms with Crippen molar-refractivity contribution in [1.82, 2.24) is 14.9 Å². The fourth-order valence-electron chi connectivity index (χ4n) is 2.75. The van der Waals surface area contributed by atoms with Crippen molar-refractivity contribution in [2.24, 2.45) is 7.05 Å². The van der Waals surface area contributed by atoms with Crippen molar-refractivity contribution in [3.05, 3.63) is 42.2 Å². The van der Waals surface area contributed by atoms with E-state index in [9.17, 15) is 4.79 Å². The minimum absolute atomic E-state index is 0.0308. The van der Waals surface area contributed by atoms with Gasteiger partial charge in [-0.05, 0) is 25.0 Å². The lowest BCUT2D eigenvalue weighted by Gasteiger charge is -2.12. The quantitative estimate of drug-likeness (QED) is 0.931. The van der Waals surface area contributed by atoms with Gasteiger partial charge in [-0.2, -0.15) is 0 Å². The number of carbonyl (C=O) groups is 1. The van der Waals surface area contributed by atoms with Crippen LogP contribution in [0.2, 0.25) is 0 Å². The zero-order valence-corrected chi connectivity index (χ0v) is 11.7. The van der Waals surface area contributed by atoms with Crippen LogP contribution in [0.5, 0.6) is 0 Å². The molecule has 3 rings (SSSR count). The smallest absolute Gasteiger partial charge is 0.251 e. The second-order valence-corrected chi connectivity index (χ2v) is 5.39. The van der Waals surface area contributed by atoms with Crippen LogP contribution in [0, 0.1) is 0 Å². The van der Waals surface area contributed by atoms with Gasteiger partial charge in [-0.1, -0.05) is 25.0 Å². The highest BCUT2D eigenvalue weighted by molar-refractivity contribution is 5.94. The molecule has 4 heteroatoms. The molecular weight excluding hydrogens is 250 g/mol.